The van der Waals surface area contributed by atoms with E-state index in [0.29, 0.717) is 43.2 Å². The summed E-state index contributed by atoms with van der Waals surface area (Å²) in [5.74, 6) is 1.45. The van der Waals surface area contributed by atoms with Gasteiger partial charge < -0.3 is 20.3 Å². The Morgan fingerprint density at radius 1 is 1.09 bits per heavy atom. The number of hydrogen-bond acceptors (Lipinski definition) is 5. The third-order valence-electron chi connectivity index (χ3n) is 6.20. The first kappa shape index (κ1) is 24.6. The molecule has 4 rings (SSSR count). The number of hydrogen-bond donors (Lipinski definition) is 2. The molecule has 0 radical (unpaired) electrons. The van der Waals surface area contributed by atoms with Gasteiger partial charge in [0.2, 0.25) is 11.8 Å². The van der Waals surface area contributed by atoms with Gasteiger partial charge in [-0.3, -0.25) is 9.59 Å². The topological polar surface area (TPSA) is 88.5 Å². The van der Waals surface area contributed by atoms with Crippen LogP contribution in [-0.4, -0.2) is 41.8 Å². The van der Waals surface area contributed by atoms with E-state index in [9.17, 15) is 9.59 Å². The molecule has 0 aliphatic carbocycles. The van der Waals surface area contributed by atoms with E-state index in [0.717, 1.165) is 28.5 Å². The number of carbonyl (C=O) groups excluding carboxylic acids is 2. The maximum atomic E-state index is 12.8. The summed E-state index contributed by atoms with van der Waals surface area (Å²) in [6.07, 6.45) is 1.41. The molecule has 0 spiro atoms. The fourth-order valence-electron chi connectivity index (χ4n) is 4.32. The molecule has 35 heavy (non-hydrogen) atoms. The lowest BCUT2D eigenvalue weighted by molar-refractivity contribution is -0.125. The molecule has 9 heteroatoms. The Kier molecular flexibility index (Phi) is 7.60. The van der Waals surface area contributed by atoms with Crippen molar-refractivity contribution in [2.24, 2.45) is 5.92 Å². The maximum Gasteiger partial charge on any atom is 0.223 e. The van der Waals surface area contributed by atoms with Crippen molar-refractivity contribution >= 4 is 34.9 Å². The summed E-state index contributed by atoms with van der Waals surface area (Å²) in [5, 5.41) is 11.3. The Balaban J connectivity index is 1.46. The van der Waals surface area contributed by atoms with E-state index >= 15 is 0 Å². The van der Waals surface area contributed by atoms with E-state index in [2.05, 4.69) is 15.5 Å². The zero-order valence-corrected chi connectivity index (χ0v) is 20.9. The molecular weight excluding hydrogens is 466 g/mol. The lowest BCUT2D eigenvalue weighted by atomic mass is 9.95. The van der Waals surface area contributed by atoms with Crippen LogP contribution in [0, 0.1) is 12.8 Å². The lowest BCUT2D eigenvalue weighted by Crippen LogP contribution is -2.41. The summed E-state index contributed by atoms with van der Waals surface area (Å²) in [4.78, 5) is 26.9. The predicted molar refractivity (Wildman–Crippen MR) is 137 cm³/mol. The summed E-state index contributed by atoms with van der Waals surface area (Å²) >= 11 is 6.08. The van der Waals surface area contributed by atoms with Crippen LogP contribution in [0.5, 0.6) is 5.75 Å². The van der Waals surface area contributed by atoms with E-state index in [1.807, 2.05) is 60.1 Å². The second-order valence-corrected chi connectivity index (χ2v) is 9.12. The van der Waals surface area contributed by atoms with Crippen molar-refractivity contribution in [1.82, 2.24) is 15.1 Å². The number of aryl methyl sites for hydroxylation is 1. The SMILES string of the molecule is COc1ccc(CNC(=O)C2CCN(c3c(NC(C)=O)c(C)nn3-c3ccc(Cl)cc3)CC2)cc1. The standard InChI is InChI=1S/C26H30ClN5O3/c1-17-24(29-18(2)33)26(32(30-17)22-8-6-21(27)7-9-22)31-14-12-20(13-15-31)25(34)28-16-19-4-10-23(35-3)11-5-19/h4-11,20H,12-16H2,1-3H3,(H,28,34)(H,29,33). The van der Waals surface area contributed by atoms with Crippen LogP contribution in [-0.2, 0) is 16.1 Å². The monoisotopic (exact) mass is 495 g/mol. The molecule has 0 saturated carbocycles. The van der Waals surface area contributed by atoms with Crippen molar-refractivity contribution in [2.45, 2.75) is 33.2 Å². The quantitative estimate of drug-likeness (QED) is 0.509. The molecule has 1 fully saturated rings. The van der Waals surface area contributed by atoms with Gasteiger partial charge in [0.25, 0.3) is 0 Å². The number of aromatic nitrogens is 2. The fourth-order valence-corrected chi connectivity index (χ4v) is 4.45. The van der Waals surface area contributed by atoms with E-state index in [-0.39, 0.29) is 17.7 Å². The molecule has 2 aromatic carbocycles. The van der Waals surface area contributed by atoms with Crippen molar-refractivity contribution in [1.29, 1.82) is 0 Å². The first-order valence-electron chi connectivity index (χ1n) is 11.6. The number of carbonyl (C=O) groups is 2. The molecule has 1 saturated heterocycles. The predicted octanol–water partition coefficient (Wildman–Crippen LogP) is 4.33. The number of anilines is 2. The molecule has 2 heterocycles. The second-order valence-electron chi connectivity index (χ2n) is 8.68. The molecule has 3 aromatic rings. The number of ether oxygens (including phenoxy) is 1. The Bertz CT molecular complexity index is 1180. The highest BCUT2D eigenvalue weighted by atomic mass is 35.5. The largest absolute Gasteiger partial charge is 0.497 e. The number of nitrogens with zero attached hydrogens (tertiary/aromatic N) is 3. The highest BCUT2D eigenvalue weighted by Crippen LogP contribution is 2.35. The van der Waals surface area contributed by atoms with E-state index < -0.39 is 0 Å². The van der Waals surface area contributed by atoms with Gasteiger partial charge in [-0.25, -0.2) is 4.68 Å². The maximum absolute atomic E-state index is 12.8. The summed E-state index contributed by atoms with van der Waals surface area (Å²) in [6, 6.07) is 15.1. The normalized spacial score (nSPS) is 14.0. The highest BCUT2D eigenvalue weighted by Gasteiger charge is 2.29. The number of halogens is 1. The number of piperidine rings is 1. The van der Waals surface area contributed by atoms with Crippen LogP contribution >= 0.6 is 11.6 Å². The summed E-state index contributed by atoms with van der Waals surface area (Å²) < 4.78 is 7.02. The van der Waals surface area contributed by atoms with Gasteiger partial charge in [-0.05, 0) is 61.7 Å². The van der Waals surface area contributed by atoms with Crippen molar-refractivity contribution in [2.75, 3.05) is 30.4 Å². The molecule has 2 amide bonds. The zero-order chi connectivity index (χ0) is 24.9. The van der Waals surface area contributed by atoms with Gasteiger partial charge >= 0.3 is 0 Å². The van der Waals surface area contributed by atoms with Crippen LogP contribution in [0.4, 0.5) is 11.5 Å². The lowest BCUT2D eigenvalue weighted by Gasteiger charge is -2.33. The van der Waals surface area contributed by atoms with Gasteiger partial charge in [-0.2, -0.15) is 5.10 Å². The molecule has 1 aromatic heterocycles. The molecule has 0 unspecified atom stereocenters. The molecule has 0 atom stereocenters. The molecule has 184 valence electrons. The van der Waals surface area contributed by atoms with E-state index in [1.165, 1.54) is 6.92 Å². The van der Waals surface area contributed by atoms with Crippen molar-refractivity contribution in [3.8, 4) is 11.4 Å². The smallest absolute Gasteiger partial charge is 0.223 e. The molecule has 2 N–H and O–H groups in total. The Hall–Kier alpha value is -3.52. The Morgan fingerprint density at radius 3 is 2.34 bits per heavy atom. The van der Waals surface area contributed by atoms with E-state index in [4.69, 9.17) is 21.4 Å². The van der Waals surface area contributed by atoms with Crippen molar-refractivity contribution in [3.05, 3.63) is 64.8 Å². The molecular formula is C26H30ClN5O3. The molecule has 1 aliphatic heterocycles. The number of nitrogens with one attached hydrogen (secondary N) is 2. The minimum atomic E-state index is -0.155. The number of amides is 2. The third-order valence-corrected chi connectivity index (χ3v) is 6.45. The summed E-state index contributed by atoms with van der Waals surface area (Å²) in [7, 11) is 1.63. The zero-order valence-electron chi connectivity index (χ0n) is 20.2. The van der Waals surface area contributed by atoms with Crippen LogP contribution in [0.1, 0.15) is 31.0 Å². The van der Waals surface area contributed by atoms with E-state index in [1.54, 1.807) is 7.11 Å². The third kappa shape index (κ3) is 5.77. The number of methoxy groups -OCH3 is 1. The number of rotatable bonds is 7. The van der Waals surface area contributed by atoms with Crippen LogP contribution in [0.3, 0.4) is 0 Å². The van der Waals surface area contributed by atoms with Gasteiger partial charge in [0.15, 0.2) is 5.82 Å². The van der Waals surface area contributed by atoms with Gasteiger partial charge in [-0.1, -0.05) is 23.7 Å². The van der Waals surface area contributed by atoms with Crippen molar-refractivity contribution < 1.29 is 14.3 Å². The molecule has 1 aliphatic rings. The second kappa shape index (κ2) is 10.8. The minimum absolute atomic E-state index is 0.0601. The van der Waals surface area contributed by atoms with Crippen LogP contribution in [0.2, 0.25) is 5.02 Å². The Morgan fingerprint density at radius 2 is 1.74 bits per heavy atom. The highest BCUT2D eigenvalue weighted by molar-refractivity contribution is 6.30. The molecule has 8 nitrogen and oxygen atoms in total. The first-order valence-corrected chi connectivity index (χ1v) is 12.0. The van der Waals surface area contributed by atoms with Crippen LogP contribution < -0.4 is 20.3 Å². The summed E-state index contributed by atoms with van der Waals surface area (Å²) in [5.41, 5.74) is 3.29. The average Bonchev–Trinajstić information content (AvgIpc) is 3.18. The summed E-state index contributed by atoms with van der Waals surface area (Å²) in [6.45, 7) is 5.19. The Labute approximate surface area is 210 Å². The van der Waals surface area contributed by atoms with Gasteiger partial charge in [0.05, 0.1) is 18.5 Å². The minimum Gasteiger partial charge on any atom is -0.497 e. The fraction of sp³-hybridized carbons (Fsp3) is 0.346. The van der Waals surface area contributed by atoms with Crippen LogP contribution in [0.15, 0.2) is 48.5 Å². The number of benzene rings is 2. The van der Waals surface area contributed by atoms with Gasteiger partial charge in [0.1, 0.15) is 11.4 Å². The average molecular weight is 496 g/mol. The van der Waals surface area contributed by atoms with Gasteiger partial charge in [-0.15, -0.1) is 0 Å². The van der Waals surface area contributed by atoms with Crippen molar-refractivity contribution in [3.63, 3.8) is 0 Å². The first-order chi connectivity index (χ1) is 16.9. The van der Waals surface area contributed by atoms with Gasteiger partial charge in [0, 0.05) is 37.5 Å². The molecule has 0 bridgehead atoms. The van der Waals surface area contributed by atoms with Crippen LogP contribution in [0.25, 0.3) is 5.69 Å².